The summed E-state index contributed by atoms with van der Waals surface area (Å²) in [5.41, 5.74) is -0.343. The minimum absolute atomic E-state index is 0.0593. The molecule has 29 heavy (non-hydrogen) atoms. The van der Waals surface area contributed by atoms with Crippen molar-refractivity contribution in [3.05, 3.63) is 35.9 Å². The van der Waals surface area contributed by atoms with E-state index in [1.807, 2.05) is 30.3 Å². The van der Waals surface area contributed by atoms with Crippen LogP contribution in [-0.2, 0) is 20.9 Å². The average Bonchev–Trinajstić information content (AvgIpc) is 3.37. The van der Waals surface area contributed by atoms with Crippen molar-refractivity contribution in [2.75, 3.05) is 6.54 Å². The summed E-state index contributed by atoms with van der Waals surface area (Å²) in [7, 11) is 0. The normalized spacial score (nSPS) is 23.0. The molecule has 1 saturated heterocycles. The molecule has 0 spiro atoms. The SMILES string of the molecule is CC(C(=O)N1CCC[C@@]1(C)C(=O)O)N(C(=O)OCc1ccccc1)C1CCCC1. The van der Waals surface area contributed by atoms with Crippen LogP contribution in [0.2, 0.25) is 0 Å². The van der Waals surface area contributed by atoms with E-state index in [0.29, 0.717) is 19.4 Å². The second kappa shape index (κ2) is 8.84. The first-order valence-corrected chi connectivity index (χ1v) is 10.4. The topological polar surface area (TPSA) is 87.2 Å². The van der Waals surface area contributed by atoms with Crippen LogP contribution in [-0.4, -0.2) is 57.0 Å². The van der Waals surface area contributed by atoms with Crippen molar-refractivity contribution < 1.29 is 24.2 Å². The highest BCUT2D eigenvalue weighted by Gasteiger charge is 2.48. The Morgan fingerprint density at radius 2 is 1.86 bits per heavy atom. The Balaban J connectivity index is 1.76. The summed E-state index contributed by atoms with van der Waals surface area (Å²) < 4.78 is 5.54. The second-order valence-electron chi connectivity index (χ2n) is 8.23. The summed E-state index contributed by atoms with van der Waals surface area (Å²) in [5.74, 6) is -1.33. The quantitative estimate of drug-likeness (QED) is 0.788. The average molecular weight is 402 g/mol. The molecule has 1 saturated carbocycles. The fourth-order valence-electron chi connectivity index (χ4n) is 4.48. The van der Waals surface area contributed by atoms with Crippen LogP contribution < -0.4 is 0 Å². The van der Waals surface area contributed by atoms with Gasteiger partial charge in [0.2, 0.25) is 5.91 Å². The van der Waals surface area contributed by atoms with E-state index in [2.05, 4.69) is 0 Å². The number of benzene rings is 1. The number of carbonyl (C=O) groups excluding carboxylic acids is 2. The molecule has 0 aromatic heterocycles. The number of carboxylic acid groups (broad SMARTS) is 1. The Labute approximate surface area is 171 Å². The number of hydrogen-bond donors (Lipinski definition) is 1. The second-order valence-corrected chi connectivity index (χ2v) is 8.23. The van der Waals surface area contributed by atoms with Gasteiger partial charge in [-0.3, -0.25) is 9.69 Å². The van der Waals surface area contributed by atoms with Gasteiger partial charge < -0.3 is 14.7 Å². The predicted molar refractivity (Wildman–Crippen MR) is 107 cm³/mol. The van der Waals surface area contributed by atoms with E-state index in [0.717, 1.165) is 31.2 Å². The van der Waals surface area contributed by atoms with Crippen LogP contribution >= 0.6 is 0 Å². The molecule has 1 unspecified atom stereocenters. The molecule has 158 valence electrons. The van der Waals surface area contributed by atoms with Crippen molar-refractivity contribution in [2.45, 2.75) is 76.6 Å². The van der Waals surface area contributed by atoms with Gasteiger partial charge in [0.1, 0.15) is 18.2 Å². The van der Waals surface area contributed by atoms with Gasteiger partial charge in [0.05, 0.1) is 0 Å². The van der Waals surface area contributed by atoms with E-state index < -0.39 is 23.6 Å². The number of rotatable bonds is 6. The van der Waals surface area contributed by atoms with Gasteiger partial charge in [-0.2, -0.15) is 0 Å². The highest BCUT2D eigenvalue weighted by molar-refractivity contribution is 5.91. The van der Waals surface area contributed by atoms with Gasteiger partial charge in [-0.1, -0.05) is 43.2 Å². The Hall–Kier alpha value is -2.57. The Morgan fingerprint density at radius 1 is 1.21 bits per heavy atom. The van der Waals surface area contributed by atoms with E-state index in [-0.39, 0.29) is 18.6 Å². The standard InChI is InChI=1S/C22H30N2O5/c1-16(19(25)23-14-8-13-22(23,2)20(26)27)24(18-11-6-7-12-18)21(28)29-15-17-9-4-3-5-10-17/h3-5,9-10,16,18H,6-8,11-15H2,1-2H3,(H,26,27)/t16?,22-/m0/s1. The van der Waals surface area contributed by atoms with E-state index >= 15 is 0 Å². The Kier molecular flexibility index (Phi) is 6.45. The molecule has 2 aliphatic rings. The summed E-state index contributed by atoms with van der Waals surface area (Å²) >= 11 is 0. The van der Waals surface area contributed by atoms with Crippen LogP contribution in [0, 0.1) is 0 Å². The first-order chi connectivity index (χ1) is 13.8. The number of nitrogens with zero attached hydrogens (tertiary/aromatic N) is 2. The number of amides is 2. The highest BCUT2D eigenvalue weighted by Crippen LogP contribution is 2.32. The zero-order valence-corrected chi connectivity index (χ0v) is 17.2. The summed E-state index contributed by atoms with van der Waals surface area (Å²) in [6.07, 6.45) is 4.21. The highest BCUT2D eigenvalue weighted by atomic mass is 16.6. The first kappa shape index (κ1) is 21.1. The summed E-state index contributed by atoms with van der Waals surface area (Å²) in [4.78, 5) is 41.0. The van der Waals surface area contributed by atoms with Crippen molar-refractivity contribution in [2.24, 2.45) is 0 Å². The molecular weight excluding hydrogens is 372 g/mol. The fourth-order valence-corrected chi connectivity index (χ4v) is 4.48. The number of likely N-dealkylation sites (tertiary alicyclic amines) is 1. The van der Waals surface area contributed by atoms with Crippen LogP contribution in [0.3, 0.4) is 0 Å². The number of ether oxygens (including phenoxy) is 1. The largest absolute Gasteiger partial charge is 0.480 e. The smallest absolute Gasteiger partial charge is 0.411 e. The third-order valence-corrected chi connectivity index (χ3v) is 6.28. The van der Waals surface area contributed by atoms with E-state index in [4.69, 9.17) is 4.74 Å². The Bertz CT molecular complexity index is 747. The van der Waals surface area contributed by atoms with Crippen molar-refractivity contribution in [3.63, 3.8) is 0 Å². The van der Waals surface area contributed by atoms with Crippen LogP contribution in [0.25, 0.3) is 0 Å². The first-order valence-electron chi connectivity index (χ1n) is 10.4. The molecule has 1 aliphatic carbocycles. The lowest BCUT2D eigenvalue weighted by Gasteiger charge is -2.38. The zero-order valence-electron chi connectivity index (χ0n) is 17.2. The molecule has 1 aromatic rings. The minimum Gasteiger partial charge on any atom is -0.480 e. The van der Waals surface area contributed by atoms with Crippen LogP contribution in [0.4, 0.5) is 4.79 Å². The molecule has 0 bridgehead atoms. The molecule has 2 atom stereocenters. The maximum absolute atomic E-state index is 13.3. The molecular formula is C22H30N2O5. The third kappa shape index (κ3) is 4.38. The molecule has 0 radical (unpaired) electrons. The molecule has 1 N–H and O–H groups in total. The summed E-state index contributed by atoms with van der Waals surface area (Å²) in [6.45, 7) is 3.80. The van der Waals surface area contributed by atoms with Gasteiger partial charge in [0, 0.05) is 12.6 Å². The molecule has 7 heteroatoms. The molecule has 2 amide bonds. The molecule has 7 nitrogen and oxygen atoms in total. The number of carbonyl (C=O) groups is 3. The van der Waals surface area contributed by atoms with Gasteiger partial charge in [0.15, 0.2) is 0 Å². The number of hydrogen-bond acceptors (Lipinski definition) is 4. The van der Waals surface area contributed by atoms with Crippen molar-refractivity contribution in [1.82, 2.24) is 9.80 Å². The maximum Gasteiger partial charge on any atom is 0.411 e. The molecule has 1 aromatic carbocycles. The monoisotopic (exact) mass is 402 g/mol. The van der Waals surface area contributed by atoms with E-state index in [9.17, 15) is 19.5 Å². The maximum atomic E-state index is 13.3. The Morgan fingerprint density at radius 3 is 2.48 bits per heavy atom. The summed E-state index contributed by atoms with van der Waals surface area (Å²) in [6, 6.07) is 8.59. The van der Waals surface area contributed by atoms with E-state index in [1.165, 1.54) is 4.90 Å². The van der Waals surface area contributed by atoms with E-state index in [1.54, 1.807) is 18.7 Å². The lowest BCUT2D eigenvalue weighted by molar-refractivity contribution is -0.157. The number of aliphatic carboxylic acids is 1. The lowest BCUT2D eigenvalue weighted by Crippen LogP contribution is -2.58. The van der Waals surface area contributed by atoms with Gasteiger partial charge in [0.25, 0.3) is 0 Å². The molecule has 1 aliphatic heterocycles. The zero-order chi connectivity index (χ0) is 21.0. The minimum atomic E-state index is -1.22. The van der Waals surface area contributed by atoms with Crippen molar-refractivity contribution >= 4 is 18.0 Å². The third-order valence-electron chi connectivity index (χ3n) is 6.28. The predicted octanol–water partition coefficient (Wildman–Crippen LogP) is 3.42. The van der Waals surface area contributed by atoms with Crippen LogP contribution in [0.5, 0.6) is 0 Å². The van der Waals surface area contributed by atoms with Crippen LogP contribution in [0.15, 0.2) is 30.3 Å². The lowest BCUT2D eigenvalue weighted by atomic mass is 9.98. The molecule has 3 rings (SSSR count). The molecule has 2 fully saturated rings. The van der Waals surface area contributed by atoms with Crippen molar-refractivity contribution in [1.29, 1.82) is 0 Å². The molecule has 1 heterocycles. The van der Waals surface area contributed by atoms with Gasteiger partial charge >= 0.3 is 12.1 Å². The van der Waals surface area contributed by atoms with Gasteiger partial charge in [-0.25, -0.2) is 9.59 Å². The van der Waals surface area contributed by atoms with Gasteiger partial charge in [-0.15, -0.1) is 0 Å². The van der Waals surface area contributed by atoms with Gasteiger partial charge in [-0.05, 0) is 45.1 Å². The fraction of sp³-hybridized carbons (Fsp3) is 0.591. The van der Waals surface area contributed by atoms with Crippen molar-refractivity contribution in [3.8, 4) is 0 Å². The summed E-state index contributed by atoms with van der Waals surface area (Å²) in [5, 5.41) is 9.64. The van der Waals surface area contributed by atoms with Crippen LogP contribution in [0.1, 0.15) is 57.9 Å². The number of carboxylic acids is 1.